The molecule has 0 aliphatic rings. The lowest BCUT2D eigenvalue weighted by atomic mass is 10.2. The van der Waals surface area contributed by atoms with Crippen molar-refractivity contribution in [3.8, 4) is 0 Å². The highest BCUT2D eigenvalue weighted by atomic mass is 32.2. The molecule has 0 bridgehead atoms. The number of sulfonamides is 1. The van der Waals surface area contributed by atoms with Crippen molar-refractivity contribution in [3.05, 3.63) is 48.5 Å². The third kappa shape index (κ3) is 5.17. The van der Waals surface area contributed by atoms with Gasteiger partial charge in [-0.2, -0.15) is 0 Å². The monoisotopic (exact) mass is 333 g/mol. The van der Waals surface area contributed by atoms with Gasteiger partial charge >= 0.3 is 0 Å². The van der Waals surface area contributed by atoms with E-state index in [1.807, 2.05) is 24.3 Å². The number of rotatable bonds is 7. The summed E-state index contributed by atoms with van der Waals surface area (Å²) in [6.07, 6.45) is 1.14. The first kappa shape index (κ1) is 17.1. The molecule has 0 aliphatic heterocycles. The van der Waals surface area contributed by atoms with Crippen molar-refractivity contribution in [1.82, 2.24) is 0 Å². The zero-order chi connectivity index (χ0) is 16.9. The van der Waals surface area contributed by atoms with Gasteiger partial charge < -0.3 is 10.2 Å². The van der Waals surface area contributed by atoms with Gasteiger partial charge in [0.25, 0.3) is 0 Å². The Morgan fingerprint density at radius 3 is 1.70 bits per heavy atom. The molecule has 0 amide bonds. The lowest BCUT2D eigenvalue weighted by Crippen LogP contribution is -2.21. The maximum absolute atomic E-state index is 11.2. The predicted octanol–water partition coefficient (Wildman–Crippen LogP) is 3.65. The van der Waals surface area contributed by atoms with Crippen molar-refractivity contribution < 1.29 is 8.42 Å². The van der Waals surface area contributed by atoms with Gasteiger partial charge in [0.2, 0.25) is 10.0 Å². The smallest absolute Gasteiger partial charge is 0.229 e. The molecule has 23 heavy (non-hydrogen) atoms. The Labute approximate surface area is 138 Å². The van der Waals surface area contributed by atoms with Crippen LogP contribution in [0, 0.1) is 0 Å². The van der Waals surface area contributed by atoms with E-state index in [2.05, 4.69) is 40.9 Å². The van der Waals surface area contributed by atoms with Crippen LogP contribution in [0.5, 0.6) is 0 Å². The molecular weight excluding hydrogens is 310 g/mol. The number of nitrogens with one attached hydrogen (secondary N) is 2. The summed E-state index contributed by atoms with van der Waals surface area (Å²) in [7, 11) is -3.24. The molecule has 0 fully saturated rings. The first-order valence-electron chi connectivity index (χ1n) is 7.61. The summed E-state index contributed by atoms with van der Waals surface area (Å²) < 4.78 is 24.8. The fourth-order valence-corrected chi connectivity index (χ4v) is 2.91. The molecule has 0 saturated carbocycles. The van der Waals surface area contributed by atoms with E-state index in [-0.39, 0.29) is 0 Å². The molecule has 0 heterocycles. The van der Waals surface area contributed by atoms with Crippen molar-refractivity contribution in [2.24, 2.45) is 0 Å². The fourth-order valence-electron chi connectivity index (χ4n) is 2.35. The topological polar surface area (TPSA) is 61.4 Å². The van der Waals surface area contributed by atoms with Crippen LogP contribution in [0.15, 0.2) is 48.5 Å². The van der Waals surface area contributed by atoms with Gasteiger partial charge in [-0.3, -0.25) is 4.72 Å². The van der Waals surface area contributed by atoms with Gasteiger partial charge in [-0.05, 0) is 62.4 Å². The molecule has 0 spiro atoms. The normalized spacial score (nSPS) is 11.1. The van der Waals surface area contributed by atoms with Gasteiger partial charge in [-0.1, -0.05) is 0 Å². The molecule has 2 aromatic carbocycles. The van der Waals surface area contributed by atoms with Crippen molar-refractivity contribution in [2.75, 3.05) is 34.3 Å². The maximum Gasteiger partial charge on any atom is 0.229 e. The highest BCUT2D eigenvalue weighted by molar-refractivity contribution is 7.92. The minimum absolute atomic E-state index is 0.551. The van der Waals surface area contributed by atoms with Crippen LogP contribution in [0.3, 0.4) is 0 Å². The summed E-state index contributed by atoms with van der Waals surface area (Å²) in [5.41, 5.74) is 3.65. The van der Waals surface area contributed by atoms with E-state index < -0.39 is 10.0 Å². The van der Waals surface area contributed by atoms with Crippen molar-refractivity contribution in [3.63, 3.8) is 0 Å². The predicted molar refractivity (Wildman–Crippen MR) is 98.2 cm³/mol. The Morgan fingerprint density at radius 1 is 0.826 bits per heavy atom. The van der Waals surface area contributed by atoms with Gasteiger partial charge in [0.05, 0.1) is 6.26 Å². The molecule has 6 heteroatoms. The second kappa shape index (κ2) is 7.37. The average Bonchev–Trinajstić information content (AvgIpc) is 2.51. The number of hydrogen-bond acceptors (Lipinski definition) is 4. The summed E-state index contributed by atoms with van der Waals surface area (Å²) in [5, 5.41) is 3.30. The molecule has 0 saturated heterocycles. The van der Waals surface area contributed by atoms with E-state index in [1.165, 1.54) is 5.69 Å². The minimum Gasteiger partial charge on any atom is -0.372 e. The van der Waals surface area contributed by atoms with Crippen LogP contribution >= 0.6 is 0 Å². The lowest BCUT2D eigenvalue weighted by molar-refractivity contribution is 0.607. The third-order valence-corrected chi connectivity index (χ3v) is 4.08. The Hall–Kier alpha value is -2.21. The van der Waals surface area contributed by atoms with Crippen LogP contribution in [0.4, 0.5) is 22.7 Å². The van der Waals surface area contributed by atoms with Crippen molar-refractivity contribution in [1.29, 1.82) is 0 Å². The molecule has 2 N–H and O–H groups in total. The molecule has 0 radical (unpaired) electrons. The zero-order valence-corrected chi connectivity index (χ0v) is 14.5. The quantitative estimate of drug-likeness (QED) is 0.812. The zero-order valence-electron chi connectivity index (χ0n) is 13.7. The fraction of sp³-hybridized carbons (Fsp3) is 0.294. The van der Waals surface area contributed by atoms with Crippen LogP contribution in [-0.2, 0) is 10.0 Å². The van der Waals surface area contributed by atoms with Crippen LogP contribution in [0.1, 0.15) is 13.8 Å². The summed E-state index contributed by atoms with van der Waals surface area (Å²) in [5.74, 6) is 0. The first-order valence-corrected chi connectivity index (χ1v) is 9.50. The molecule has 124 valence electrons. The molecule has 5 nitrogen and oxygen atoms in total. The van der Waals surface area contributed by atoms with Crippen LogP contribution in [0.2, 0.25) is 0 Å². The van der Waals surface area contributed by atoms with Crippen LogP contribution in [0.25, 0.3) is 0 Å². The molecule has 0 aliphatic carbocycles. The summed E-state index contributed by atoms with van der Waals surface area (Å²) in [4.78, 5) is 2.29. The van der Waals surface area contributed by atoms with Crippen LogP contribution in [-0.4, -0.2) is 27.8 Å². The summed E-state index contributed by atoms with van der Waals surface area (Å²) >= 11 is 0. The number of nitrogens with zero attached hydrogens (tertiary/aromatic N) is 1. The number of anilines is 4. The SMILES string of the molecule is CCN(CC)c1ccc(Nc2ccc(NS(C)(=O)=O)cc2)cc1. The van der Waals surface area contributed by atoms with E-state index >= 15 is 0 Å². The van der Waals surface area contributed by atoms with Crippen molar-refractivity contribution >= 4 is 32.8 Å². The lowest BCUT2D eigenvalue weighted by Gasteiger charge is -2.21. The Morgan fingerprint density at radius 2 is 1.26 bits per heavy atom. The Bertz CT molecular complexity index is 721. The molecular formula is C17H23N3O2S. The number of benzene rings is 2. The molecule has 0 atom stereocenters. The molecule has 0 unspecified atom stereocenters. The Kier molecular flexibility index (Phi) is 5.50. The van der Waals surface area contributed by atoms with Gasteiger partial charge in [0, 0.05) is 35.8 Å². The molecule has 2 aromatic rings. The van der Waals surface area contributed by atoms with Gasteiger partial charge in [-0.15, -0.1) is 0 Å². The van der Waals surface area contributed by atoms with E-state index in [1.54, 1.807) is 12.1 Å². The maximum atomic E-state index is 11.2. The van der Waals surface area contributed by atoms with E-state index in [4.69, 9.17) is 0 Å². The molecule has 0 aromatic heterocycles. The average molecular weight is 333 g/mol. The van der Waals surface area contributed by atoms with Gasteiger partial charge in [0.15, 0.2) is 0 Å². The second-order valence-electron chi connectivity index (χ2n) is 5.30. The standard InChI is InChI=1S/C17H23N3O2S/c1-4-20(5-2)17-12-10-15(11-13-17)18-14-6-8-16(9-7-14)19-23(3,21)22/h6-13,18-19H,4-5H2,1-3H3. The summed E-state index contributed by atoms with van der Waals surface area (Å²) in [6.45, 7) is 6.25. The minimum atomic E-state index is -3.24. The van der Waals surface area contributed by atoms with E-state index in [0.717, 1.165) is 30.7 Å². The highest BCUT2D eigenvalue weighted by Crippen LogP contribution is 2.22. The molecule has 2 rings (SSSR count). The highest BCUT2D eigenvalue weighted by Gasteiger charge is 2.03. The summed E-state index contributed by atoms with van der Waals surface area (Å²) in [6, 6.07) is 15.4. The van der Waals surface area contributed by atoms with E-state index in [0.29, 0.717) is 5.69 Å². The second-order valence-corrected chi connectivity index (χ2v) is 7.04. The van der Waals surface area contributed by atoms with Gasteiger partial charge in [-0.25, -0.2) is 8.42 Å². The van der Waals surface area contributed by atoms with Crippen molar-refractivity contribution in [2.45, 2.75) is 13.8 Å². The van der Waals surface area contributed by atoms with Crippen LogP contribution < -0.4 is 14.9 Å². The third-order valence-electron chi connectivity index (χ3n) is 3.47. The number of hydrogen-bond donors (Lipinski definition) is 2. The first-order chi connectivity index (χ1) is 10.9. The van der Waals surface area contributed by atoms with E-state index in [9.17, 15) is 8.42 Å². The van der Waals surface area contributed by atoms with Gasteiger partial charge in [0.1, 0.15) is 0 Å². The Balaban J connectivity index is 2.04. The largest absolute Gasteiger partial charge is 0.372 e.